The Morgan fingerprint density at radius 3 is 2.43 bits per heavy atom. The number of carboxylic acid groups (broad SMARTS) is 1. The van der Waals surface area contributed by atoms with Gasteiger partial charge in [-0.1, -0.05) is 69.3 Å². The van der Waals surface area contributed by atoms with Gasteiger partial charge < -0.3 is 9.66 Å². The van der Waals surface area contributed by atoms with E-state index in [4.69, 9.17) is 10.2 Å². The van der Waals surface area contributed by atoms with Crippen LogP contribution in [-0.4, -0.2) is 30.4 Å². The van der Waals surface area contributed by atoms with Gasteiger partial charge in [-0.3, -0.25) is 0 Å². The van der Waals surface area contributed by atoms with E-state index >= 15 is 0 Å². The molecule has 1 unspecified atom stereocenters. The van der Waals surface area contributed by atoms with Gasteiger partial charge >= 0.3 is 5.97 Å². The molecular formula is C34H33FN4O3S2. The van der Waals surface area contributed by atoms with Crippen LogP contribution < -0.4 is 5.14 Å². The molecule has 0 radical (unpaired) electrons. The Morgan fingerprint density at radius 1 is 1.09 bits per heavy atom. The predicted octanol–water partition coefficient (Wildman–Crippen LogP) is 7.32. The number of aromatic carboxylic acids is 1. The highest BCUT2D eigenvalue weighted by atomic mass is 32.2. The minimum atomic E-state index is -1.93. The van der Waals surface area contributed by atoms with Gasteiger partial charge in [-0.05, 0) is 71.0 Å². The number of halogens is 1. The van der Waals surface area contributed by atoms with Gasteiger partial charge in [-0.25, -0.2) is 18.9 Å². The molecule has 5 aromatic rings. The normalized spacial score (nSPS) is 14.1. The Balaban J connectivity index is 1.49. The topological polar surface area (TPSA) is 117 Å². The highest BCUT2D eigenvalue weighted by Gasteiger charge is 2.30. The highest BCUT2D eigenvalue weighted by molar-refractivity contribution is 7.89. The summed E-state index contributed by atoms with van der Waals surface area (Å²) in [7, 11) is 0. The molecule has 0 spiro atoms. The largest absolute Gasteiger partial charge is 0.593 e. The van der Waals surface area contributed by atoms with E-state index in [0.717, 1.165) is 52.9 Å². The molecule has 1 atom stereocenters. The lowest BCUT2D eigenvalue weighted by atomic mass is 9.86. The second-order valence-corrected chi connectivity index (χ2v) is 14.2. The van der Waals surface area contributed by atoms with E-state index < -0.39 is 23.1 Å². The first-order valence-corrected chi connectivity index (χ1v) is 16.5. The van der Waals surface area contributed by atoms with Crippen LogP contribution in [0.5, 0.6) is 0 Å². The zero-order valence-corrected chi connectivity index (χ0v) is 26.3. The van der Waals surface area contributed by atoms with E-state index in [0.29, 0.717) is 23.0 Å². The Hall–Kier alpha value is -3.83. The second-order valence-electron chi connectivity index (χ2n) is 12.3. The minimum absolute atomic E-state index is 0.0332. The maximum atomic E-state index is 14.9. The summed E-state index contributed by atoms with van der Waals surface area (Å²) in [6.07, 6.45) is 3.31. The van der Waals surface area contributed by atoms with E-state index in [-0.39, 0.29) is 16.0 Å². The van der Waals surface area contributed by atoms with Gasteiger partial charge in [0, 0.05) is 22.9 Å². The summed E-state index contributed by atoms with van der Waals surface area (Å²) >= 11 is -0.702. The highest BCUT2D eigenvalue weighted by Crippen LogP contribution is 2.39. The van der Waals surface area contributed by atoms with Crippen molar-refractivity contribution in [2.75, 3.05) is 0 Å². The number of hydrogen-bond acceptors (Lipinski definition) is 6. The van der Waals surface area contributed by atoms with Crippen LogP contribution in [0.2, 0.25) is 0 Å². The fourth-order valence-electron chi connectivity index (χ4n) is 5.36. The number of carbonyl (C=O) groups is 1. The average molecular weight is 629 g/mol. The lowest BCUT2D eigenvalue weighted by Crippen LogP contribution is -2.14. The molecule has 0 aliphatic heterocycles. The van der Waals surface area contributed by atoms with Crippen LogP contribution in [0.3, 0.4) is 0 Å². The van der Waals surface area contributed by atoms with E-state index in [1.165, 1.54) is 34.4 Å². The Kier molecular flexibility index (Phi) is 8.19. The summed E-state index contributed by atoms with van der Waals surface area (Å²) < 4.78 is 28.4. The Labute approximate surface area is 262 Å². The summed E-state index contributed by atoms with van der Waals surface area (Å²) in [5, 5.41) is 22.0. The lowest BCUT2D eigenvalue weighted by molar-refractivity contribution is 0.0691. The van der Waals surface area contributed by atoms with Crippen LogP contribution in [0.25, 0.3) is 27.5 Å². The van der Waals surface area contributed by atoms with Gasteiger partial charge in [0.1, 0.15) is 0 Å². The van der Waals surface area contributed by atoms with Crippen molar-refractivity contribution < 1.29 is 18.8 Å². The molecule has 3 aromatic carbocycles. The van der Waals surface area contributed by atoms with Gasteiger partial charge in [-0.15, -0.1) is 16.5 Å². The Bertz CT molecular complexity index is 1840. The first kappa shape index (κ1) is 30.2. The standard InChI is InChI=1S/C34H33FN4O3S2/c1-34(2,3)25-12-10-22(11-13-25)23-5-4-6-24(18-23)31-26(15-21-9-14-30(44(36)42)27(35)16-21)29(17-20-7-8-20)39(38-31)33-37-28(19-43-33)32(40)41/h4-6,9-14,16,18-20H,7-8,15,17,36H2,1-3H3,(H,40,41). The van der Waals surface area contributed by atoms with E-state index in [2.05, 4.69) is 62.2 Å². The molecule has 44 heavy (non-hydrogen) atoms. The summed E-state index contributed by atoms with van der Waals surface area (Å²) in [6, 6.07) is 21.3. The lowest BCUT2D eigenvalue weighted by Gasteiger charge is -2.19. The first-order valence-electron chi connectivity index (χ1n) is 14.4. The van der Waals surface area contributed by atoms with Crippen LogP contribution in [-0.2, 0) is 29.6 Å². The summed E-state index contributed by atoms with van der Waals surface area (Å²) in [4.78, 5) is 16.0. The van der Waals surface area contributed by atoms with Crippen molar-refractivity contribution in [3.05, 3.63) is 106 Å². The zero-order valence-electron chi connectivity index (χ0n) is 24.7. The number of carboxylic acids is 1. The molecule has 0 amide bonds. The molecule has 1 fully saturated rings. The fraction of sp³-hybridized carbons (Fsp3) is 0.265. The van der Waals surface area contributed by atoms with E-state index in [1.54, 1.807) is 10.7 Å². The van der Waals surface area contributed by atoms with Crippen molar-refractivity contribution in [3.63, 3.8) is 0 Å². The van der Waals surface area contributed by atoms with Crippen molar-refractivity contribution in [3.8, 4) is 27.5 Å². The molecule has 1 saturated carbocycles. The fourth-order valence-corrected chi connectivity index (χ4v) is 6.58. The number of rotatable bonds is 9. The van der Waals surface area contributed by atoms with Crippen LogP contribution >= 0.6 is 11.3 Å². The van der Waals surface area contributed by atoms with Gasteiger partial charge in [-0.2, -0.15) is 5.10 Å². The molecule has 1 aliphatic carbocycles. The van der Waals surface area contributed by atoms with Crippen LogP contribution in [0.1, 0.15) is 66.5 Å². The molecule has 0 saturated heterocycles. The van der Waals surface area contributed by atoms with Crippen molar-refractivity contribution in [1.82, 2.24) is 14.8 Å². The second kappa shape index (κ2) is 11.9. The van der Waals surface area contributed by atoms with Crippen LogP contribution in [0.15, 0.2) is 77.0 Å². The number of hydrogen-bond donors (Lipinski definition) is 2. The van der Waals surface area contributed by atoms with Gasteiger partial charge in [0.25, 0.3) is 0 Å². The molecule has 226 valence electrons. The quantitative estimate of drug-likeness (QED) is 0.165. The number of benzene rings is 3. The Morgan fingerprint density at radius 2 is 1.82 bits per heavy atom. The summed E-state index contributed by atoms with van der Waals surface area (Å²) in [5.74, 6) is -1.22. The minimum Gasteiger partial charge on any atom is -0.593 e. The van der Waals surface area contributed by atoms with Crippen LogP contribution in [0, 0.1) is 11.7 Å². The summed E-state index contributed by atoms with van der Waals surface area (Å²) in [6.45, 7) is 6.57. The van der Waals surface area contributed by atoms with Crippen molar-refractivity contribution in [2.24, 2.45) is 11.1 Å². The third kappa shape index (κ3) is 6.34. The third-order valence-electron chi connectivity index (χ3n) is 7.98. The van der Waals surface area contributed by atoms with Gasteiger partial charge in [0.2, 0.25) is 10.0 Å². The van der Waals surface area contributed by atoms with E-state index in [1.807, 2.05) is 12.1 Å². The number of nitrogens with zero attached hydrogens (tertiary/aromatic N) is 3. The first-order chi connectivity index (χ1) is 21.0. The predicted molar refractivity (Wildman–Crippen MR) is 172 cm³/mol. The molecular weight excluding hydrogens is 596 g/mol. The number of nitrogens with two attached hydrogens (primary N) is 1. The molecule has 7 nitrogen and oxygen atoms in total. The molecule has 0 bridgehead atoms. The molecule has 3 N–H and O–H groups in total. The van der Waals surface area contributed by atoms with Crippen molar-refractivity contribution in [1.29, 1.82) is 0 Å². The third-order valence-corrected chi connectivity index (χ3v) is 9.56. The van der Waals surface area contributed by atoms with Crippen molar-refractivity contribution in [2.45, 2.75) is 56.8 Å². The molecule has 1 aliphatic rings. The number of aromatic nitrogens is 3. The maximum Gasteiger partial charge on any atom is 0.355 e. The number of thiazole rings is 1. The molecule has 10 heteroatoms. The SMILES string of the molecule is CC(C)(C)c1ccc(-c2cccc(-c3nn(-c4nc(C(=O)O)cs4)c(CC4CC4)c3Cc3ccc([S+](N)[O-])c(F)c3)c2)cc1. The van der Waals surface area contributed by atoms with Gasteiger partial charge in [0.05, 0.1) is 22.7 Å². The monoisotopic (exact) mass is 628 g/mol. The zero-order chi connectivity index (χ0) is 31.2. The van der Waals surface area contributed by atoms with E-state index in [9.17, 15) is 18.8 Å². The van der Waals surface area contributed by atoms with Crippen LogP contribution in [0.4, 0.5) is 4.39 Å². The molecule has 6 rings (SSSR count). The molecule has 2 aromatic heterocycles. The van der Waals surface area contributed by atoms with Crippen molar-refractivity contribution >= 4 is 28.7 Å². The maximum absolute atomic E-state index is 14.9. The smallest absolute Gasteiger partial charge is 0.355 e. The summed E-state index contributed by atoms with van der Waals surface area (Å²) in [5.41, 5.74) is 7.55. The average Bonchev–Trinajstić information content (AvgIpc) is 3.54. The van der Waals surface area contributed by atoms with Gasteiger partial charge in [0.15, 0.2) is 11.5 Å². The molecule has 2 heterocycles.